The van der Waals surface area contributed by atoms with Crippen LogP contribution in [0.3, 0.4) is 0 Å². The van der Waals surface area contributed by atoms with Crippen LogP contribution in [0.25, 0.3) is 10.9 Å². The molecule has 1 aliphatic carbocycles. The van der Waals surface area contributed by atoms with Gasteiger partial charge in [0.1, 0.15) is 11.9 Å². The molecule has 1 N–H and O–H groups in total. The molecule has 0 amide bonds. The number of anilines is 1. The van der Waals surface area contributed by atoms with Crippen molar-refractivity contribution in [1.29, 1.82) is 0 Å². The second-order valence-electron chi connectivity index (χ2n) is 5.51. The highest BCUT2D eigenvalue weighted by Crippen LogP contribution is 2.54. The summed E-state index contributed by atoms with van der Waals surface area (Å²) in [7, 11) is 0. The Labute approximate surface area is 132 Å². The molecule has 2 aromatic rings. The van der Waals surface area contributed by atoms with Crippen LogP contribution in [0.1, 0.15) is 0 Å². The maximum absolute atomic E-state index is 14.1. The van der Waals surface area contributed by atoms with E-state index in [9.17, 15) is 18.0 Å². The quantitative estimate of drug-likeness (QED) is 0.794. The SMILES string of the molecule is O=c1nc(N2CCOC[C@@H]3[C@H]2C3(F)F)c2cnc(Cl)c(F)c2[nH]1. The zero-order valence-electron chi connectivity index (χ0n) is 11.5. The van der Waals surface area contributed by atoms with Crippen LogP contribution in [0.4, 0.5) is 19.0 Å². The number of rotatable bonds is 1. The monoisotopic (exact) mass is 346 g/mol. The van der Waals surface area contributed by atoms with Gasteiger partial charge < -0.3 is 14.6 Å². The molecule has 1 saturated heterocycles. The van der Waals surface area contributed by atoms with Gasteiger partial charge in [0.05, 0.1) is 30.0 Å². The summed E-state index contributed by atoms with van der Waals surface area (Å²) < 4.78 is 47.1. The molecule has 2 aliphatic rings. The molecule has 122 valence electrons. The summed E-state index contributed by atoms with van der Waals surface area (Å²) in [6, 6.07) is -1.12. The van der Waals surface area contributed by atoms with Crippen LogP contribution in [0.2, 0.25) is 5.15 Å². The third-order valence-electron chi connectivity index (χ3n) is 4.20. The van der Waals surface area contributed by atoms with E-state index in [1.807, 2.05) is 0 Å². The van der Waals surface area contributed by atoms with Crippen LogP contribution in [0.15, 0.2) is 11.0 Å². The number of hydrogen-bond donors (Lipinski definition) is 1. The topological polar surface area (TPSA) is 71.1 Å². The van der Waals surface area contributed by atoms with E-state index in [2.05, 4.69) is 15.0 Å². The molecule has 0 radical (unpaired) electrons. The Morgan fingerprint density at radius 2 is 2.26 bits per heavy atom. The number of H-pyrrole nitrogens is 1. The first-order chi connectivity index (χ1) is 10.9. The van der Waals surface area contributed by atoms with E-state index in [-0.39, 0.29) is 36.5 Å². The lowest BCUT2D eigenvalue weighted by molar-refractivity contribution is 0.0492. The molecule has 6 nitrogen and oxygen atoms in total. The van der Waals surface area contributed by atoms with E-state index in [0.717, 1.165) is 0 Å². The molecule has 2 fully saturated rings. The largest absolute Gasteiger partial charge is 0.379 e. The van der Waals surface area contributed by atoms with Gasteiger partial charge in [0.25, 0.3) is 5.92 Å². The van der Waals surface area contributed by atoms with Gasteiger partial charge in [0, 0.05) is 12.7 Å². The second kappa shape index (κ2) is 4.81. The zero-order chi connectivity index (χ0) is 16.4. The van der Waals surface area contributed by atoms with Crippen LogP contribution in [-0.2, 0) is 4.74 Å². The van der Waals surface area contributed by atoms with E-state index in [1.165, 1.54) is 11.1 Å². The third-order valence-corrected chi connectivity index (χ3v) is 4.46. The number of pyridine rings is 1. The van der Waals surface area contributed by atoms with Gasteiger partial charge in [-0.3, -0.25) is 0 Å². The van der Waals surface area contributed by atoms with Crippen LogP contribution in [-0.4, -0.2) is 46.7 Å². The molecule has 4 rings (SSSR count). The molecule has 0 aromatic carbocycles. The minimum absolute atomic E-state index is 0.0375. The van der Waals surface area contributed by atoms with Gasteiger partial charge in [-0.25, -0.2) is 22.9 Å². The molecular weight excluding hydrogens is 337 g/mol. The maximum atomic E-state index is 14.1. The molecule has 3 heterocycles. The number of hydrogen-bond acceptors (Lipinski definition) is 5. The molecule has 2 atom stereocenters. The van der Waals surface area contributed by atoms with Crippen molar-refractivity contribution >= 4 is 28.3 Å². The number of nitrogens with one attached hydrogen (secondary N) is 1. The Hall–Kier alpha value is -1.87. The average Bonchev–Trinajstić information content (AvgIpc) is 3.12. The number of halogens is 4. The fourth-order valence-electron chi connectivity index (χ4n) is 3.02. The minimum atomic E-state index is -2.94. The summed E-state index contributed by atoms with van der Waals surface area (Å²) in [5.74, 6) is -4.86. The Balaban J connectivity index is 1.91. The number of nitrogens with zero attached hydrogens (tertiary/aromatic N) is 3. The van der Waals surface area contributed by atoms with E-state index >= 15 is 0 Å². The first-order valence-corrected chi connectivity index (χ1v) is 7.25. The van der Waals surface area contributed by atoms with E-state index < -0.39 is 34.5 Å². The maximum Gasteiger partial charge on any atom is 0.347 e. The Morgan fingerprint density at radius 3 is 3.04 bits per heavy atom. The van der Waals surface area contributed by atoms with Crippen molar-refractivity contribution in [3.8, 4) is 0 Å². The Morgan fingerprint density at radius 1 is 1.48 bits per heavy atom. The minimum Gasteiger partial charge on any atom is -0.379 e. The number of aromatic nitrogens is 3. The molecule has 1 aliphatic heterocycles. The van der Waals surface area contributed by atoms with Crippen LogP contribution >= 0.6 is 11.6 Å². The molecule has 23 heavy (non-hydrogen) atoms. The lowest BCUT2D eigenvalue weighted by Gasteiger charge is -2.23. The van der Waals surface area contributed by atoms with Crippen LogP contribution in [0, 0.1) is 11.7 Å². The first kappa shape index (κ1) is 14.7. The number of aromatic amines is 1. The van der Waals surface area contributed by atoms with E-state index in [0.29, 0.717) is 0 Å². The van der Waals surface area contributed by atoms with E-state index in [1.54, 1.807) is 0 Å². The second-order valence-corrected chi connectivity index (χ2v) is 5.87. The molecule has 1 saturated carbocycles. The highest BCUT2D eigenvalue weighted by molar-refractivity contribution is 6.30. The van der Waals surface area contributed by atoms with Crippen molar-refractivity contribution in [2.45, 2.75) is 12.0 Å². The fraction of sp³-hybridized carbons (Fsp3) is 0.462. The molecule has 10 heteroatoms. The predicted molar refractivity (Wildman–Crippen MR) is 75.5 cm³/mol. The van der Waals surface area contributed by atoms with Gasteiger partial charge in [-0.2, -0.15) is 4.98 Å². The molecule has 0 unspecified atom stereocenters. The standard InChI is InChI=1S/C13H10ClF3N4O2/c14-10-7(15)8-5(3-18-10)11(20-12(22)19-8)21-1-2-23-4-6-9(21)13(6,16)17/h3,6,9H,1-2,4H2,(H,19,20,22)/t6-,9+/m1/s1. The predicted octanol–water partition coefficient (Wildman–Crippen LogP) is 1.58. The van der Waals surface area contributed by atoms with Gasteiger partial charge in [-0.15, -0.1) is 0 Å². The van der Waals surface area contributed by atoms with Crippen molar-refractivity contribution in [2.75, 3.05) is 24.7 Å². The Kier molecular flexibility index (Phi) is 3.08. The van der Waals surface area contributed by atoms with Gasteiger partial charge in [0.15, 0.2) is 11.0 Å². The summed E-state index contributed by atoms with van der Waals surface area (Å²) in [6.07, 6.45) is 1.21. The zero-order valence-corrected chi connectivity index (χ0v) is 12.3. The average molecular weight is 347 g/mol. The number of alkyl halides is 2. The van der Waals surface area contributed by atoms with Gasteiger partial charge in [-0.1, -0.05) is 11.6 Å². The van der Waals surface area contributed by atoms with Crippen LogP contribution in [0.5, 0.6) is 0 Å². The summed E-state index contributed by atoms with van der Waals surface area (Å²) in [5, 5.41) is -0.297. The summed E-state index contributed by atoms with van der Waals surface area (Å²) in [4.78, 5) is 22.7. The van der Waals surface area contributed by atoms with Crippen molar-refractivity contribution < 1.29 is 17.9 Å². The number of fused-ring (bicyclic) bond motifs is 2. The molecule has 0 bridgehead atoms. The third kappa shape index (κ3) is 2.10. The lowest BCUT2D eigenvalue weighted by atomic mass is 10.2. The summed E-state index contributed by atoms with van der Waals surface area (Å²) in [6.45, 7) is 0.267. The number of ether oxygens (including phenoxy) is 1. The highest BCUT2D eigenvalue weighted by Gasteiger charge is 2.71. The van der Waals surface area contributed by atoms with Gasteiger partial charge >= 0.3 is 5.69 Å². The highest BCUT2D eigenvalue weighted by atomic mass is 35.5. The Bertz CT molecular complexity index is 859. The fourth-order valence-corrected chi connectivity index (χ4v) is 3.16. The van der Waals surface area contributed by atoms with Gasteiger partial charge in [-0.05, 0) is 0 Å². The van der Waals surface area contributed by atoms with Crippen molar-refractivity contribution in [3.63, 3.8) is 0 Å². The van der Waals surface area contributed by atoms with E-state index in [4.69, 9.17) is 16.3 Å². The van der Waals surface area contributed by atoms with Crippen LogP contribution < -0.4 is 10.6 Å². The van der Waals surface area contributed by atoms with Crippen molar-refractivity contribution in [1.82, 2.24) is 15.0 Å². The summed E-state index contributed by atoms with van der Waals surface area (Å²) >= 11 is 5.60. The summed E-state index contributed by atoms with van der Waals surface area (Å²) in [5.41, 5.74) is -1.05. The molecule has 2 aromatic heterocycles. The smallest absolute Gasteiger partial charge is 0.347 e. The first-order valence-electron chi connectivity index (χ1n) is 6.87. The molecule has 0 spiro atoms. The van der Waals surface area contributed by atoms with Crippen molar-refractivity contribution in [3.05, 3.63) is 27.7 Å². The normalized spacial score (nSPS) is 26.0. The van der Waals surface area contributed by atoms with Crippen molar-refractivity contribution in [2.24, 2.45) is 5.92 Å². The molecular formula is C13H10ClF3N4O2. The van der Waals surface area contributed by atoms with Gasteiger partial charge in [0.2, 0.25) is 0 Å². The lowest BCUT2D eigenvalue weighted by Crippen LogP contribution is -2.34.